The highest BCUT2D eigenvalue weighted by atomic mass is 32.2. The number of carbonyl (C=O) groups is 1. The Kier molecular flexibility index (Phi) is 6.49. The van der Waals surface area contributed by atoms with Crippen molar-refractivity contribution in [1.29, 1.82) is 0 Å². The lowest BCUT2D eigenvalue weighted by molar-refractivity contribution is 0.259. The number of aryl methyl sites for hydroxylation is 2. The highest BCUT2D eigenvalue weighted by Crippen LogP contribution is 2.39. The van der Waals surface area contributed by atoms with E-state index in [1.807, 2.05) is 26.2 Å². The van der Waals surface area contributed by atoms with E-state index in [0.717, 1.165) is 37.9 Å². The molecule has 0 aromatic heterocycles. The zero-order valence-corrected chi connectivity index (χ0v) is 17.3. The van der Waals surface area contributed by atoms with Gasteiger partial charge in [-0.05, 0) is 86.1 Å². The van der Waals surface area contributed by atoms with Crippen LogP contribution in [0.25, 0.3) is 0 Å². The van der Waals surface area contributed by atoms with Gasteiger partial charge in [-0.2, -0.15) is 0 Å². The molecule has 2 aromatic rings. The highest BCUT2D eigenvalue weighted by molar-refractivity contribution is 7.82. The van der Waals surface area contributed by atoms with Gasteiger partial charge < -0.3 is 16.0 Å². The maximum Gasteiger partial charge on any atom is 0.316 e. The molecule has 0 radical (unpaired) electrons. The fourth-order valence-electron chi connectivity index (χ4n) is 3.81. The van der Waals surface area contributed by atoms with Crippen LogP contribution < -0.4 is 16.2 Å². The van der Waals surface area contributed by atoms with Crippen molar-refractivity contribution in [3.8, 4) is 0 Å². The summed E-state index contributed by atoms with van der Waals surface area (Å²) in [6, 6.07) is 9.36. The van der Waals surface area contributed by atoms with E-state index in [0.29, 0.717) is 4.90 Å². The topological polar surface area (TPSA) is 101 Å². The van der Waals surface area contributed by atoms with Crippen molar-refractivity contribution < 1.29 is 9.00 Å². The van der Waals surface area contributed by atoms with Crippen molar-refractivity contribution in [2.45, 2.75) is 43.5 Å². The average molecular weight is 401 g/mol. The van der Waals surface area contributed by atoms with Crippen LogP contribution >= 0.6 is 0 Å². The molecule has 4 rings (SSSR count). The summed E-state index contributed by atoms with van der Waals surface area (Å²) in [4.78, 5) is 13.7. The Morgan fingerprint density at radius 2 is 1.71 bits per heavy atom. The number of urea groups is 1. The van der Waals surface area contributed by atoms with Gasteiger partial charge >= 0.3 is 6.03 Å². The van der Waals surface area contributed by atoms with E-state index in [2.05, 4.69) is 16.3 Å². The minimum Gasteiger partial charge on any atom is -0.351 e. The van der Waals surface area contributed by atoms with Crippen molar-refractivity contribution in [2.75, 3.05) is 19.4 Å². The van der Waals surface area contributed by atoms with Crippen LogP contribution in [-0.4, -0.2) is 29.2 Å². The first-order valence-electron chi connectivity index (χ1n) is 9.48. The third-order valence-electron chi connectivity index (χ3n) is 5.15. The van der Waals surface area contributed by atoms with Crippen LogP contribution in [0.15, 0.2) is 35.2 Å². The Morgan fingerprint density at radius 3 is 2.25 bits per heavy atom. The smallest absolute Gasteiger partial charge is 0.316 e. The molecule has 28 heavy (non-hydrogen) atoms. The Balaban J connectivity index is 0.000000163. The third kappa shape index (κ3) is 4.79. The van der Waals surface area contributed by atoms with Crippen molar-refractivity contribution in [1.82, 2.24) is 4.90 Å². The van der Waals surface area contributed by atoms with Crippen LogP contribution in [0, 0.1) is 0 Å². The molecule has 150 valence electrons. The minimum absolute atomic E-state index is 0.440. The Bertz CT molecular complexity index is 894. The van der Waals surface area contributed by atoms with E-state index in [-0.39, 0.29) is 0 Å². The van der Waals surface area contributed by atoms with Gasteiger partial charge in [-0.3, -0.25) is 0 Å². The van der Waals surface area contributed by atoms with Crippen molar-refractivity contribution in [2.24, 2.45) is 10.9 Å². The predicted molar refractivity (Wildman–Crippen MR) is 114 cm³/mol. The molecule has 6 nitrogen and oxygen atoms in total. The number of anilines is 1. The summed E-state index contributed by atoms with van der Waals surface area (Å²) in [6.07, 6.45) is 5.66. The first-order valence-corrected chi connectivity index (χ1v) is 10.7. The molecule has 0 aliphatic heterocycles. The Labute approximate surface area is 168 Å². The maximum absolute atomic E-state index is 11.0. The van der Waals surface area contributed by atoms with Crippen LogP contribution in [-0.2, 0) is 43.2 Å². The first kappa shape index (κ1) is 20.5. The largest absolute Gasteiger partial charge is 0.351 e. The van der Waals surface area contributed by atoms with Crippen LogP contribution in [0.1, 0.15) is 34.2 Å². The van der Waals surface area contributed by atoms with Crippen molar-refractivity contribution in [3.63, 3.8) is 0 Å². The lowest BCUT2D eigenvalue weighted by Gasteiger charge is -2.25. The molecule has 2 aliphatic carbocycles. The number of nitrogens with zero attached hydrogens (tertiary/aromatic N) is 1. The lowest BCUT2D eigenvalue weighted by Crippen LogP contribution is -2.24. The molecule has 0 saturated carbocycles. The second-order valence-electron chi connectivity index (χ2n) is 7.55. The molecular weight excluding hydrogens is 372 g/mol. The number of fused-ring (bicyclic) bond motifs is 2. The molecule has 2 aliphatic rings. The zero-order chi connectivity index (χ0) is 20.3. The van der Waals surface area contributed by atoms with Crippen LogP contribution in [0.4, 0.5) is 10.5 Å². The molecule has 0 heterocycles. The SMILES string of the molecule is CN(C)Cc1ccc(S(N)=O)cc1.NC(=O)Nc1c2c(cc3c1CC3)CCC2. The van der Waals surface area contributed by atoms with E-state index >= 15 is 0 Å². The molecule has 1 unspecified atom stereocenters. The van der Waals surface area contributed by atoms with Gasteiger partial charge in [-0.25, -0.2) is 14.1 Å². The number of rotatable bonds is 4. The highest BCUT2D eigenvalue weighted by Gasteiger charge is 2.25. The summed E-state index contributed by atoms with van der Waals surface area (Å²) in [5.41, 5.74) is 12.9. The fourth-order valence-corrected chi connectivity index (χ4v) is 4.22. The molecule has 0 fully saturated rings. The van der Waals surface area contributed by atoms with E-state index in [4.69, 9.17) is 10.9 Å². The lowest BCUT2D eigenvalue weighted by atomic mass is 9.83. The summed E-state index contributed by atoms with van der Waals surface area (Å²) < 4.78 is 10.9. The van der Waals surface area contributed by atoms with Crippen LogP contribution in [0.3, 0.4) is 0 Å². The number of amides is 2. The van der Waals surface area contributed by atoms with Gasteiger partial charge in [-0.1, -0.05) is 18.2 Å². The molecular formula is C21H28N4O2S. The molecule has 0 spiro atoms. The van der Waals surface area contributed by atoms with E-state index in [1.54, 1.807) is 12.1 Å². The Hall–Kier alpha value is -2.22. The third-order valence-corrected chi connectivity index (χ3v) is 5.88. The monoisotopic (exact) mass is 400 g/mol. The number of primary amides is 1. The predicted octanol–water partition coefficient (Wildman–Crippen LogP) is 2.49. The summed E-state index contributed by atoms with van der Waals surface area (Å²) in [5, 5.41) is 8.03. The number of hydrogen-bond donors (Lipinski definition) is 3. The molecule has 2 amide bonds. The van der Waals surface area contributed by atoms with Crippen LogP contribution in [0.2, 0.25) is 0 Å². The van der Waals surface area contributed by atoms with Gasteiger partial charge in [0.1, 0.15) is 11.0 Å². The molecule has 1 atom stereocenters. The Morgan fingerprint density at radius 1 is 1.07 bits per heavy atom. The molecule has 0 bridgehead atoms. The number of nitrogens with one attached hydrogen (secondary N) is 1. The number of hydrogen-bond acceptors (Lipinski definition) is 3. The van der Waals surface area contributed by atoms with Crippen LogP contribution in [0.5, 0.6) is 0 Å². The molecule has 5 N–H and O–H groups in total. The van der Waals surface area contributed by atoms with E-state index in [1.165, 1.54) is 34.2 Å². The number of nitrogens with two attached hydrogens (primary N) is 2. The fraction of sp³-hybridized carbons (Fsp3) is 0.381. The molecule has 2 aromatic carbocycles. The number of benzene rings is 2. The van der Waals surface area contributed by atoms with Gasteiger partial charge in [0.05, 0.1) is 4.90 Å². The summed E-state index contributed by atoms with van der Waals surface area (Å²) >= 11 is 0. The summed E-state index contributed by atoms with van der Waals surface area (Å²) in [7, 11) is 2.65. The molecule has 7 heteroatoms. The van der Waals surface area contributed by atoms with Crippen molar-refractivity contribution in [3.05, 3.63) is 58.1 Å². The molecule has 0 saturated heterocycles. The maximum atomic E-state index is 11.0. The summed E-state index contributed by atoms with van der Waals surface area (Å²) in [6.45, 7) is 0.886. The normalized spacial score (nSPS) is 15.0. The first-order chi connectivity index (χ1) is 13.3. The van der Waals surface area contributed by atoms with Crippen molar-refractivity contribution >= 4 is 22.7 Å². The quantitative estimate of drug-likeness (QED) is 0.735. The van der Waals surface area contributed by atoms with Gasteiger partial charge in [0.15, 0.2) is 0 Å². The average Bonchev–Trinajstić information content (AvgIpc) is 3.06. The zero-order valence-electron chi connectivity index (χ0n) is 16.5. The van der Waals surface area contributed by atoms with Gasteiger partial charge in [0, 0.05) is 12.2 Å². The minimum atomic E-state index is -1.36. The van der Waals surface area contributed by atoms with E-state index < -0.39 is 17.0 Å². The van der Waals surface area contributed by atoms with E-state index in [9.17, 15) is 9.00 Å². The standard InChI is InChI=1S/C12H14N2O.C9H14N2OS/c13-12(15)14-11-9-3-1-2-7(9)6-8-4-5-10(8)11;1-11(2)7-8-3-5-9(6-4-8)13(10)12/h6H,1-5H2,(H3,13,14,15);3-6H,7,10H2,1-2H3. The van der Waals surface area contributed by atoms with Gasteiger partial charge in [-0.15, -0.1) is 0 Å². The van der Waals surface area contributed by atoms with Gasteiger partial charge in [0.25, 0.3) is 0 Å². The summed E-state index contributed by atoms with van der Waals surface area (Å²) in [5.74, 6) is 0. The number of carbonyl (C=O) groups excluding carboxylic acids is 1. The van der Waals surface area contributed by atoms with Gasteiger partial charge in [0.2, 0.25) is 0 Å². The second kappa shape index (κ2) is 8.86. The second-order valence-corrected chi connectivity index (χ2v) is 8.62.